The zero-order chi connectivity index (χ0) is 19.8. The van der Waals surface area contributed by atoms with Crippen LogP contribution in [-0.4, -0.2) is 17.3 Å². The summed E-state index contributed by atoms with van der Waals surface area (Å²) in [5, 5.41) is 4.52. The molecule has 0 saturated heterocycles. The van der Waals surface area contributed by atoms with Crippen molar-refractivity contribution in [2.75, 3.05) is 17.3 Å². The van der Waals surface area contributed by atoms with Gasteiger partial charge in [0.1, 0.15) is 0 Å². The second-order valence-corrected chi connectivity index (χ2v) is 7.69. The first-order chi connectivity index (χ1) is 13.6. The van der Waals surface area contributed by atoms with Crippen LogP contribution in [0.1, 0.15) is 11.1 Å². The summed E-state index contributed by atoms with van der Waals surface area (Å²) in [6.07, 6.45) is 0. The molecule has 5 heteroatoms. The zero-order valence-electron chi connectivity index (χ0n) is 16.0. The summed E-state index contributed by atoms with van der Waals surface area (Å²) >= 11 is 7.19. The number of nitrogens with zero attached hydrogens (tertiary/aromatic N) is 2. The maximum absolute atomic E-state index is 5.52. The van der Waals surface area contributed by atoms with E-state index in [0.717, 1.165) is 22.3 Å². The number of aryl methyl sites for hydroxylation is 1. The standard InChI is InChI=1S/C23H23N3S2/c1-18-10-9-13-20(16-18)24-22(27)25-23(26(2)21-14-7-4-8-15-21)28-17-19-11-5-3-6-12-19/h3-16H,17H2,1-2H3,(H,24,27)/b25-23-. The highest BCUT2D eigenvalue weighted by molar-refractivity contribution is 8.13. The Hall–Kier alpha value is -2.63. The van der Waals surface area contributed by atoms with Crippen molar-refractivity contribution in [1.82, 2.24) is 0 Å². The number of nitrogens with one attached hydrogen (secondary N) is 1. The van der Waals surface area contributed by atoms with Crippen molar-refractivity contribution >= 4 is 45.6 Å². The zero-order valence-corrected chi connectivity index (χ0v) is 17.6. The van der Waals surface area contributed by atoms with Crippen molar-refractivity contribution in [3.8, 4) is 0 Å². The molecule has 0 atom stereocenters. The summed E-state index contributed by atoms with van der Waals surface area (Å²) in [7, 11) is 2.02. The number of benzene rings is 3. The van der Waals surface area contributed by atoms with E-state index in [1.54, 1.807) is 11.8 Å². The number of para-hydroxylation sites is 1. The van der Waals surface area contributed by atoms with Crippen molar-refractivity contribution in [1.29, 1.82) is 0 Å². The van der Waals surface area contributed by atoms with E-state index >= 15 is 0 Å². The third kappa shape index (κ3) is 5.94. The molecule has 142 valence electrons. The molecular formula is C23H23N3S2. The number of rotatable bonds is 4. The Balaban J connectivity index is 1.79. The minimum atomic E-state index is 0.448. The lowest BCUT2D eigenvalue weighted by Gasteiger charge is -2.21. The van der Waals surface area contributed by atoms with E-state index in [1.807, 2.05) is 43.4 Å². The molecule has 0 aliphatic heterocycles. The smallest absolute Gasteiger partial charge is 0.199 e. The van der Waals surface area contributed by atoms with Crippen LogP contribution >= 0.6 is 24.0 Å². The molecule has 0 aliphatic rings. The molecule has 0 aromatic heterocycles. The second kappa shape index (κ2) is 10.1. The number of thiocarbonyl (C=S) groups is 1. The van der Waals surface area contributed by atoms with E-state index in [4.69, 9.17) is 17.2 Å². The van der Waals surface area contributed by atoms with E-state index in [-0.39, 0.29) is 0 Å². The average Bonchev–Trinajstić information content (AvgIpc) is 2.72. The Morgan fingerprint density at radius 3 is 2.32 bits per heavy atom. The van der Waals surface area contributed by atoms with E-state index in [9.17, 15) is 0 Å². The van der Waals surface area contributed by atoms with Gasteiger partial charge in [0.05, 0.1) is 0 Å². The molecule has 3 rings (SSSR count). The van der Waals surface area contributed by atoms with Gasteiger partial charge in [-0.2, -0.15) is 4.99 Å². The SMILES string of the molecule is Cc1cccc(NC(=S)/N=C(\SCc2ccccc2)N(C)c2ccccc2)c1. The van der Waals surface area contributed by atoms with E-state index in [0.29, 0.717) is 5.11 Å². The molecule has 0 radical (unpaired) electrons. The molecule has 0 amide bonds. The van der Waals surface area contributed by atoms with Gasteiger partial charge >= 0.3 is 0 Å². The summed E-state index contributed by atoms with van der Waals surface area (Å²) in [5.41, 5.74) is 4.44. The topological polar surface area (TPSA) is 27.6 Å². The summed E-state index contributed by atoms with van der Waals surface area (Å²) < 4.78 is 0. The van der Waals surface area contributed by atoms with E-state index in [1.165, 1.54) is 11.1 Å². The van der Waals surface area contributed by atoms with Crippen molar-refractivity contribution in [2.45, 2.75) is 12.7 Å². The Morgan fingerprint density at radius 1 is 0.964 bits per heavy atom. The maximum atomic E-state index is 5.52. The molecule has 28 heavy (non-hydrogen) atoms. The van der Waals surface area contributed by atoms with Gasteiger partial charge in [-0.3, -0.25) is 0 Å². The van der Waals surface area contributed by atoms with Gasteiger partial charge in [-0.05, 0) is 54.5 Å². The van der Waals surface area contributed by atoms with Crippen molar-refractivity contribution in [3.05, 3.63) is 96.1 Å². The van der Waals surface area contributed by atoms with Gasteiger partial charge in [0.15, 0.2) is 10.3 Å². The first kappa shape index (κ1) is 20.1. The van der Waals surface area contributed by atoms with Crippen LogP contribution in [0.5, 0.6) is 0 Å². The average molecular weight is 406 g/mol. The van der Waals surface area contributed by atoms with Gasteiger partial charge in [0.25, 0.3) is 0 Å². The fourth-order valence-corrected chi connectivity index (χ4v) is 3.85. The van der Waals surface area contributed by atoms with E-state index in [2.05, 4.69) is 65.7 Å². The molecule has 0 unspecified atom stereocenters. The molecule has 0 aliphatic carbocycles. The highest BCUT2D eigenvalue weighted by atomic mass is 32.2. The molecular weight excluding hydrogens is 382 g/mol. The first-order valence-electron chi connectivity index (χ1n) is 9.03. The van der Waals surface area contributed by atoms with Gasteiger partial charge in [0, 0.05) is 24.2 Å². The van der Waals surface area contributed by atoms with Crippen molar-refractivity contribution < 1.29 is 0 Å². The molecule has 3 aromatic carbocycles. The van der Waals surface area contributed by atoms with Crippen LogP contribution in [0.4, 0.5) is 11.4 Å². The number of hydrogen-bond acceptors (Lipinski definition) is 2. The molecule has 0 spiro atoms. The molecule has 0 fully saturated rings. The van der Waals surface area contributed by atoms with Gasteiger partial charge in [-0.1, -0.05) is 72.4 Å². The molecule has 0 saturated carbocycles. The summed E-state index contributed by atoms with van der Waals surface area (Å²) in [6, 6.07) is 28.7. The first-order valence-corrected chi connectivity index (χ1v) is 10.4. The highest BCUT2D eigenvalue weighted by Crippen LogP contribution is 2.21. The lowest BCUT2D eigenvalue weighted by molar-refractivity contribution is 1.28. The number of hydrogen-bond donors (Lipinski definition) is 1. The second-order valence-electron chi connectivity index (χ2n) is 6.36. The minimum Gasteiger partial charge on any atom is -0.331 e. The molecule has 3 nitrogen and oxygen atoms in total. The van der Waals surface area contributed by atoms with Crippen LogP contribution in [0, 0.1) is 6.92 Å². The maximum Gasteiger partial charge on any atom is 0.199 e. The lowest BCUT2D eigenvalue weighted by Crippen LogP contribution is -2.25. The van der Waals surface area contributed by atoms with Gasteiger partial charge in [0.2, 0.25) is 0 Å². The van der Waals surface area contributed by atoms with Gasteiger partial charge in [-0.15, -0.1) is 0 Å². The van der Waals surface area contributed by atoms with Gasteiger partial charge < -0.3 is 10.2 Å². The van der Waals surface area contributed by atoms with E-state index < -0.39 is 0 Å². The summed E-state index contributed by atoms with van der Waals surface area (Å²) in [5.74, 6) is 0.823. The van der Waals surface area contributed by atoms with Crippen LogP contribution in [-0.2, 0) is 5.75 Å². The fraction of sp³-hybridized carbons (Fsp3) is 0.130. The third-order valence-electron chi connectivity index (χ3n) is 4.11. The predicted octanol–water partition coefficient (Wildman–Crippen LogP) is 6.12. The quantitative estimate of drug-likeness (QED) is 0.322. The van der Waals surface area contributed by atoms with Crippen LogP contribution in [0.2, 0.25) is 0 Å². The highest BCUT2D eigenvalue weighted by Gasteiger charge is 2.11. The summed E-state index contributed by atoms with van der Waals surface area (Å²) in [4.78, 5) is 6.79. The Labute approximate surface area is 176 Å². The van der Waals surface area contributed by atoms with Crippen LogP contribution in [0.25, 0.3) is 0 Å². The molecule has 3 aromatic rings. The number of aliphatic imine (C=N–C) groups is 1. The number of amidine groups is 1. The third-order valence-corrected chi connectivity index (χ3v) is 5.40. The molecule has 1 N–H and O–H groups in total. The minimum absolute atomic E-state index is 0.448. The Morgan fingerprint density at radius 2 is 1.64 bits per heavy atom. The van der Waals surface area contributed by atoms with Crippen LogP contribution in [0.3, 0.4) is 0 Å². The number of anilines is 2. The monoisotopic (exact) mass is 405 g/mol. The summed E-state index contributed by atoms with van der Waals surface area (Å²) in [6.45, 7) is 2.06. The van der Waals surface area contributed by atoms with Crippen LogP contribution < -0.4 is 10.2 Å². The fourth-order valence-electron chi connectivity index (χ4n) is 2.65. The normalized spacial score (nSPS) is 11.1. The molecule has 0 heterocycles. The Bertz CT molecular complexity index is 940. The largest absolute Gasteiger partial charge is 0.331 e. The molecule has 0 bridgehead atoms. The van der Waals surface area contributed by atoms with Crippen molar-refractivity contribution in [2.24, 2.45) is 4.99 Å². The predicted molar refractivity (Wildman–Crippen MR) is 127 cm³/mol. The van der Waals surface area contributed by atoms with Crippen LogP contribution in [0.15, 0.2) is 89.9 Å². The number of thioether (sulfide) groups is 1. The van der Waals surface area contributed by atoms with Gasteiger partial charge in [-0.25, -0.2) is 0 Å². The Kier molecular flexibility index (Phi) is 7.23. The lowest BCUT2D eigenvalue weighted by atomic mass is 10.2. The van der Waals surface area contributed by atoms with Crippen molar-refractivity contribution in [3.63, 3.8) is 0 Å².